The Hall–Kier alpha value is -1.21. The number of pyridine rings is 1. The van der Waals surface area contributed by atoms with Crippen LogP contribution in [0.15, 0.2) is 36.5 Å². The number of thiocarbonyl (C=S) groups is 1. The van der Waals surface area contributed by atoms with E-state index in [1.54, 1.807) is 11.3 Å². The Labute approximate surface area is 151 Å². The van der Waals surface area contributed by atoms with Crippen molar-refractivity contribution in [3.8, 4) is 0 Å². The molecule has 7 heteroatoms. The summed E-state index contributed by atoms with van der Waals surface area (Å²) in [6.07, 6.45) is 1.82. The first-order valence-electron chi connectivity index (χ1n) is 7.44. The number of nitrogens with zero attached hydrogens (tertiary/aromatic N) is 3. The third kappa shape index (κ3) is 3.66. The van der Waals surface area contributed by atoms with Gasteiger partial charge in [0.25, 0.3) is 0 Å². The topological polar surface area (TPSA) is 31.4 Å². The van der Waals surface area contributed by atoms with Crippen molar-refractivity contribution >= 4 is 40.3 Å². The fourth-order valence-corrected chi connectivity index (χ4v) is 4.29. The molecule has 0 amide bonds. The number of nitrogens with one attached hydrogen (secondary N) is 1. The summed E-state index contributed by atoms with van der Waals surface area (Å²) in [7, 11) is 4.14. The van der Waals surface area contributed by atoms with Crippen molar-refractivity contribution in [3.05, 3.63) is 51.4 Å². The SMILES string of the molecule is CN(C)CCN1C(=S)NC(c2ccccn2)C1c1ccc(Cl)s1. The van der Waals surface area contributed by atoms with Crippen molar-refractivity contribution in [1.82, 2.24) is 20.1 Å². The van der Waals surface area contributed by atoms with Crippen molar-refractivity contribution in [2.45, 2.75) is 12.1 Å². The van der Waals surface area contributed by atoms with Crippen LogP contribution in [0.25, 0.3) is 0 Å². The molecule has 0 aromatic carbocycles. The van der Waals surface area contributed by atoms with E-state index >= 15 is 0 Å². The van der Waals surface area contributed by atoms with Gasteiger partial charge in [0.15, 0.2) is 5.11 Å². The molecule has 1 aliphatic heterocycles. The molecule has 3 heterocycles. The molecule has 1 aliphatic rings. The van der Waals surface area contributed by atoms with Crippen LogP contribution in [0.2, 0.25) is 4.34 Å². The van der Waals surface area contributed by atoms with Crippen molar-refractivity contribution in [2.75, 3.05) is 27.2 Å². The Morgan fingerprint density at radius 3 is 2.78 bits per heavy atom. The van der Waals surface area contributed by atoms with Gasteiger partial charge in [-0.1, -0.05) is 17.7 Å². The fraction of sp³-hybridized carbons (Fsp3) is 0.375. The minimum atomic E-state index is 0.0422. The first kappa shape index (κ1) is 16.6. The molecular formula is C16H19ClN4S2. The van der Waals surface area contributed by atoms with Crippen LogP contribution in [0.1, 0.15) is 22.7 Å². The highest BCUT2D eigenvalue weighted by molar-refractivity contribution is 7.80. The predicted molar refractivity (Wildman–Crippen MR) is 100 cm³/mol. The summed E-state index contributed by atoms with van der Waals surface area (Å²) in [5.74, 6) is 0. The molecule has 122 valence electrons. The van der Waals surface area contributed by atoms with Gasteiger partial charge >= 0.3 is 0 Å². The molecule has 2 aromatic heterocycles. The predicted octanol–water partition coefficient (Wildman–Crippen LogP) is 3.33. The molecule has 3 rings (SSSR count). The van der Waals surface area contributed by atoms with E-state index in [1.807, 2.05) is 30.5 Å². The molecule has 4 nitrogen and oxygen atoms in total. The van der Waals surface area contributed by atoms with Gasteiger partial charge in [-0.2, -0.15) is 0 Å². The Balaban J connectivity index is 1.94. The second kappa shape index (κ2) is 7.13. The molecule has 1 fully saturated rings. The van der Waals surface area contributed by atoms with E-state index in [9.17, 15) is 0 Å². The van der Waals surface area contributed by atoms with E-state index in [2.05, 4.69) is 40.3 Å². The lowest BCUT2D eigenvalue weighted by Gasteiger charge is -2.27. The van der Waals surface area contributed by atoms with Gasteiger partial charge in [0, 0.05) is 24.2 Å². The number of hydrogen-bond acceptors (Lipinski definition) is 4. The average molecular weight is 367 g/mol. The zero-order chi connectivity index (χ0) is 16.4. The smallest absolute Gasteiger partial charge is 0.170 e. The Bertz CT molecular complexity index is 674. The van der Waals surface area contributed by atoms with Crippen LogP contribution in [-0.2, 0) is 0 Å². The van der Waals surface area contributed by atoms with E-state index < -0.39 is 0 Å². The second-order valence-corrected chi connectivity index (χ2v) is 7.90. The lowest BCUT2D eigenvalue weighted by Crippen LogP contribution is -2.35. The summed E-state index contributed by atoms with van der Waals surface area (Å²) >= 11 is 13.4. The molecule has 23 heavy (non-hydrogen) atoms. The van der Waals surface area contributed by atoms with E-state index in [0.29, 0.717) is 0 Å². The summed E-state index contributed by atoms with van der Waals surface area (Å²) in [5.41, 5.74) is 0.997. The Kier molecular flexibility index (Phi) is 5.16. The van der Waals surface area contributed by atoms with Crippen LogP contribution < -0.4 is 5.32 Å². The maximum absolute atomic E-state index is 6.17. The molecule has 0 bridgehead atoms. The molecule has 0 radical (unpaired) electrons. The fourth-order valence-electron chi connectivity index (χ4n) is 2.75. The van der Waals surface area contributed by atoms with Gasteiger partial charge in [-0.15, -0.1) is 11.3 Å². The maximum atomic E-state index is 6.17. The zero-order valence-corrected chi connectivity index (χ0v) is 15.5. The van der Waals surface area contributed by atoms with Crippen LogP contribution in [0, 0.1) is 0 Å². The zero-order valence-electron chi connectivity index (χ0n) is 13.1. The molecule has 2 atom stereocenters. The highest BCUT2D eigenvalue weighted by Crippen LogP contribution is 2.41. The van der Waals surface area contributed by atoms with E-state index in [1.165, 1.54) is 4.88 Å². The molecular weight excluding hydrogens is 348 g/mol. The minimum Gasteiger partial charge on any atom is -0.352 e. The largest absolute Gasteiger partial charge is 0.352 e. The van der Waals surface area contributed by atoms with Gasteiger partial charge in [0.2, 0.25) is 0 Å². The van der Waals surface area contributed by atoms with E-state index in [-0.39, 0.29) is 12.1 Å². The number of halogens is 1. The van der Waals surface area contributed by atoms with Crippen LogP contribution in [0.5, 0.6) is 0 Å². The number of hydrogen-bond donors (Lipinski definition) is 1. The molecule has 1 N–H and O–H groups in total. The number of aromatic nitrogens is 1. The van der Waals surface area contributed by atoms with Crippen LogP contribution >= 0.6 is 35.2 Å². The van der Waals surface area contributed by atoms with Crippen molar-refractivity contribution in [1.29, 1.82) is 0 Å². The lowest BCUT2D eigenvalue weighted by molar-refractivity contribution is 0.280. The molecule has 2 unspecified atom stereocenters. The second-order valence-electron chi connectivity index (χ2n) is 5.77. The highest BCUT2D eigenvalue weighted by Gasteiger charge is 2.40. The summed E-state index contributed by atoms with van der Waals surface area (Å²) in [6.45, 7) is 1.80. The number of rotatable bonds is 5. The molecule has 1 saturated heterocycles. The third-order valence-corrected chi connectivity index (χ3v) is 5.53. The van der Waals surface area contributed by atoms with Crippen molar-refractivity contribution < 1.29 is 0 Å². The van der Waals surface area contributed by atoms with Gasteiger partial charge in [-0.05, 0) is 50.6 Å². The normalized spacial score (nSPS) is 21.0. The summed E-state index contributed by atoms with van der Waals surface area (Å²) < 4.78 is 0.796. The first-order chi connectivity index (χ1) is 11.1. The number of thiophene rings is 1. The molecule has 0 saturated carbocycles. The van der Waals surface area contributed by atoms with Gasteiger partial charge in [0.05, 0.1) is 22.1 Å². The van der Waals surface area contributed by atoms with Gasteiger partial charge in [0.1, 0.15) is 0 Å². The summed E-state index contributed by atoms with van der Waals surface area (Å²) in [4.78, 5) is 10.1. The monoisotopic (exact) mass is 366 g/mol. The first-order valence-corrected chi connectivity index (χ1v) is 9.04. The molecule has 0 aliphatic carbocycles. The lowest BCUT2D eigenvalue weighted by atomic mass is 10.0. The molecule has 0 spiro atoms. The van der Waals surface area contributed by atoms with Crippen molar-refractivity contribution in [2.24, 2.45) is 0 Å². The van der Waals surface area contributed by atoms with Gasteiger partial charge in [-0.25, -0.2) is 0 Å². The van der Waals surface area contributed by atoms with Gasteiger partial charge < -0.3 is 15.1 Å². The Morgan fingerprint density at radius 2 is 2.17 bits per heavy atom. The highest BCUT2D eigenvalue weighted by atomic mass is 35.5. The summed E-state index contributed by atoms with van der Waals surface area (Å²) in [6, 6.07) is 10.2. The van der Waals surface area contributed by atoms with Crippen LogP contribution in [0.4, 0.5) is 0 Å². The summed E-state index contributed by atoms with van der Waals surface area (Å²) in [5, 5.41) is 4.22. The standard InChI is InChI=1S/C16H19ClN4S2/c1-20(2)9-10-21-15(12-6-7-13(17)23-12)14(19-16(21)22)11-5-3-4-8-18-11/h3-8,14-15H,9-10H2,1-2H3,(H,19,22). The van der Waals surface area contributed by atoms with Crippen LogP contribution in [-0.4, -0.2) is 47.1 Å². The van der Waals surface area contributed by atoms with E-state index in [4.69, 9.17) is 23.8 Å². The van der Waals surface area contributed by atoms with Crippen molar-refractivity contribution in [3.63, 3.8) is 0 Å². The minimum absolute atomic E-state index is 0.0422. The number of likely N-dealkylation sites (N-methyl/N-ethyl adjacent to an activating group) is 1. The average Bonchev–Trinajstić information content (AvgIpc) is 3.09. The van der Waals surface area contributed by atoms with Gasteiger partial charge in [-0.3, -0.25) is 4.98 Å². The van der Waals surface area contributed by atoms with E-state index in [0.717, 1.165) is 28.2 Å². The quantitative estimate of drug-likeness (QED) is 0.820. The maximum Gasteiger partial charge on any atom is 0.170 e. The third-order valence-electron chi connectivity index (χ3n) is 3.87. The Morgan fingerprint density at radius 1 is 1.35 bits per heavy atom. The molecule has 2 aromatic rings. The van der Waals surface area contributed by atoms with Crippen LogP contribution in [0.3, 0.4) is 0 Å².